The molecule has 2 fully saturated rings. The molecule has 5 nitrogen and oxygen atoms in total. The Morgan fingerprint density at radius 3 is 2.59 bits per heavy atom. The van der Waals surface area contributed by atoms with Crippen molar-refractivity contribution in [2.24, 2.45) is 17.8 Å². The lowest BCUT2D eigenvalue weighted by molar-refractivity contribution is -0.141. The van der Waals surface area contributed by atoms with Gasteiger partial charge < -0.3 is 15.7 Å². The molecule has 0 aromatic carbocycles. The maximum atomic E-state index is 12.0. The monoisotopic (exact) mass is 240 g/mol. The summed E-state index contributed by atoms with van der Waals surface area (Å²) in [6.45, 7) is 3.70. The normalized spacial score (nSPS) is 37.0. The molecule has 17 heavy (non-hydrogen) atoms. The van der Waals surface area contributed by atoms with Crippen molar-refractivity contribution in [1.29, 1.82) is 0 Å². The first-order valence-electron chi connectivity index (χ1n) is 6.32. The first-order chi connectivity index (χ1) is 8.08. The van der Waals surface area contributed by atoms with E-state index in [0.717, 1.165) is 19.5 Å². The number of rotatable bonds is 3. The van der Waals surface area contributed by atoms with Gasteiger partial charge in [0.2, 0.25) is 5.91 Å². The fourth-order valence-corrected chi connectivity index (χ4v) is 2.81. The Hall–Kier alpha value is -1.10. The van der Waals surface area contributed by atoms with E-state index >= 15 is 0 Å². The van der Waals surface area contributed by atoms with Crippen LogP contribution in [0.1, 0.15) is 26.2 Å². The highest BCUT2D eigenvalue weighted by Crippen LogP contribution is 2.26. The first-order valence-corrected chi connectivity index (χ1v) is 6.32. The average Bonchev–Trinajstić information content (AvgIpc) is 2.86. The average molecular weight is 240 g/mol. The Morgan fingerprint density at radius 1 is 1.29 bits per heavy atom. The second-order valence-corrected chi connectivity index (χ2v) is 5.30. The van der Waals surface area contributed by atoms with Crippen LogP contribution in [0.4, 0.5) is 0 Å². The molecular weight excluding hydrogens is 220 g/mol. The Kier molecular flexibility index (Phi) is 3.66. The van der Waals surface area contributed by atoms with Gasteiger partial charge in [0.05, 0.1) is 11.8 Å². The van der Waals surface area contributed by atoms with Crippen LogP contribution in [-0.4, -0.2) is 36.1 Å². The maximum Gasteiger partial charge on any atom is 0.306 e. The highest BCUT2D eigenvalue weighted by atomic mass is 16.4. The molecule has 0 spiro atoms. The van der Waals surface area contributed by atoms with Crippen molar-refractivity contribution >= 4 is 11.9 Å². The molecule has 3 N–H and O–H groups in total. The van der Waals surface area contributed by atoms with Crippen molar-refractivity contribution in [2.75, 3.05) is 13.1 Å². The van der Waals surface area contributed by atoms with Crippen molar-refractivity contribution in [3.05, 3.63) is 0 Å². The van der Waals surface area contributed by atoms with Crippen molar-refractivity contribution in [2.45, 2.75) is 32.2 Å². The lowest BCUT2D eigenvalue weighted by atomic mass is 9.97. The van der Waals surface area contributed by atoms with E-state index in [2.05, 4.69) is 17.6 Å². The zero-order valence-corrected chi connectivity index (χ0v) is 10.1. The molecule has 2 rings (SSSR count). The minimum Gasteiger partial charge on any atom is -0.481 e. The van der Waals surface area contributed by atoms with E-state index in [1.807, 2.05) is 0 Å². The standard InChI is InChI=1S/C12H20N2O3/c1-7-5-13-6-10(7)11(15)14-9-3-2-8(4-9)12(16)17/h7-10,13H,2-6H2,1H3,(H,14,15)(H,16,17). The lowest BCUT2D eigenvalue weighted by Gasteiger charge is -2.18. The van der Waals surface area contributed by atoms with Crippen LogP contribution < -0.4 is 10.6 Å². The van der Waals surface area contributed by atoms with E-state index in [0.29, 0.717) is 18.8 Å². The molecule has 2 aliphatic rings. The predicted molar refractivity (Wildman–Crippen MR) is 62.4 cm³/mol. The van der Waals surface area contributed by atoms with Crippen LogP contribution in [0.3, 0.4) is 0 Å². The molecule has 1 saturated carbocycles. The summed E-state index contributed by atoms with van der Waals surface area (Å²) in [6, 6.07) is 0.0522. The number of aliphatic carboxylic acids is 1. The molecule has 1 saturated heterocycles. The summed E-state index contributed by atoms with van der Waals surface area (Å²) in [5.74, 6) is -0.527. The number of carboxylic acids is 1. The van der Waals surface area contributed by atoms with Gasteiger partial charge in [-0.05, 0) is 31.7 Å². The van der Waals surface area contributed by atoms with Gasteiger partial charge in [-0.1, -0.05) is 6.92 Å². The Morgan fingerprint density at radius 2 is 2.06 bits per heavy atom. The topological polar surface area (TPSA) is 78.4 Å². The molecular formula is C12H20N2O3. The maximum absolute atomic E-state index is 12.0. The molecule has 5 heteroatoms. The van der Waals surface area contributed by atoms with E-state index in [4.69, 9.17) is 5.11 Å². The van der Waals surface area contributed by atoms with Gasteiger partial charge in [-0.15, -0.1) is 0 Å². The molecule has 1 aliphatic heterocycles. The van der Waals surface area contributed by atoms with Gasteiger partial charge in [-0.3, -0.25) is 9.59 Å². The molecule has 0 aromatic heterocycles. The summed E-state index contributed by atoms with van der Waals surface area (Å²) in [5.41, 5.74) is 0. The zero-order chi connectivity index (χ0) is 12.4. The number of carboxylic acid groups (broad SMARTS) is 1. The fourth-order valence-electron chi connectivity index (χ4n) is 2.81. The number of hydrogen-bond acceptors (Lipinski definition) is 3. The minimum atomic E-state index is -0.738. The number of carbonyl (C=O) groups excluding carboxylic acids is 1. The smallest absolute Gasteiger partial charge is 0.306 e. The van der Waals surface area contributed by atoms with E-state index in [1.54, 1.807) is 0 Å². The Bertz CT molecular complexity index is 319. The van der Waals surface area contributed by atoms with Crippen LogP contribution in [0.25, 0.3) is 0 Å². The minimum absolute atomic E-state index is 0.0406. The third-order valence-corrected chi connectivity index (χ3v) is 3.98. The van der Waals surface area contributed by atoms with Crippen LogP contribution in [0.5, 0.6) is 0 Å². The molecule has 1 amide bonds. The number of hydrogen-bond donors (Lipinski definition) is 3. The Labute approximate surface area is 101 Å². The number of carbonyl (C=O) groups is 2. The fraction of sp³-hybridized carbons (Fsp3) is 0.833. The largest absolute Gasteiger partial charge is 0.481 e. The Balaban J connectivity index is 1.82. The van der Waals surface area contributed by atoms with Crippen LogP contribution in [-0.2, 0) is 9.59 Å². The van der Waals surface area contributed by atoms with Crippen LogP contribution in [0.15, 0.2) is 0 Å². The molecule has 0 radical (unpaired) electrons. The first kappa shape index (κ1) is 12.4. The third kappa shape index (κ3) is 2.77. The van der Waals surface area contributed by atoms with Gasteiger partial charge in [0, 0.05) is 12.6 Å². The molecule has 4 unspecified atom stereocenters. The second kappa shape index (κ2) is 5.04. The molecule has 1 aliphatic carbocycles. The van der Waals surface area contributed by atoms with Gasteiger partial charge >= 0.3 is 5.97 Å². The summed E-state index contributed by atoms with van der Waals surface area (Å²) >= 11 is 0. The van der Waals surface area contributed by atoms with Crippen molar-refractivity contribution < 1.29 is 14.7 Å². The summed E-state index contributed by atoms with van der Waals surface area (Å²) < 4.78 is 0. The molecule has 0 aromatic rings. The van der Waals surface area contributed by atoms with Gasteiger partial charge in [-0.2, -0.15) is 0 Å². The zero-order valence-electron chi connectivity index (χ0n) is 10.1. The lowest BCUT2D eigenvalue weighted by Crippen LogP contribution is -2.40. The van der Waals surface area contributed by atoms with Gasteiger partial charge in [0.15, 0.2) is 0 Å². The van der Waals surface area contributed by atoms with Crippen molar-refractivity contribution in [1.82, 2.24) is 10.6 Å². The second-order valence-electron chi connectivity index (χ2n) is 5.30. The summed E-state index contributed by atoms with van der Waals surface area (Å²) in [6.07, 6.45) is 2.05. The highest BCUT2D eigenvalue weighted by Gasteiger charge is 2.34. The molecule has 1 heterocycles. The van der Waals surface area contributed by atoms with Crippen LogP contribution in [0.2, 0.25) is 0 Å². The van der Waals surface area contributed by atoms with Crippen molar-refractivity contribution in [3.63, 3.8) is 0 Å². The van der Waals surface area contributed by atoms with Gasteiger partial charge in [0.25, 0.3) is 0 Å². The molecule has 96 valence electrons. The van der Waals surface area contributed by atoms with Gasteiger partial charge in [0.1, 0.15) is 0 Å². The summed E-state index contributed by atoms with van der Waals surface area (Å²) in [4.78, 5) is 22.8. The SMILES string of the molecule is CC1CNCC1C(=O)NC1CCC(C(=O)O)C1. The molecule has 0 bridgehead atoms. The predicted octanol–water partition coefficient (Wildman–Crippen LogP) is 0.211. The molecule has 4 atom stereocenters. The summed E-state index contributed by atoms with van der Waals surface area (Å²) in [7, 11) is 0. The number of nitrogens with one attached hydrogen (secondary N) is 2. The van der Waals surface area contributed by atoms with Gasteiger partial charge in [-0.25, -0.2) is 0 Å². The number of amides is 1. The van der Waals surface area contributed by atoms with E-state index < -0.39 is 5.97 Å². The van der Waals surface area contributed by atoms with E-state index in [-0.39, 0.29) is 23.8 Å². The van der Waals surface area contributed by atoms with Crippen molar-refractivity contribution in [3.8, 4) is 0 Å². The van der Waals surface area contributed by atoms with E-state index in [9.17, 15) is 9.59 Å². The van der Waals surface area contributed by atoms with E-state index in [1.165, 1.54) is 0 Å². The third-order valence-electron chi connectivity index (χ3n) is 3.98. The summed E-state index contributed by atoms with van der Waals surface area (Å²) in [5, 5.41) is 15.1. The quantitative estimate of drug-likeness (QED) is 0.659. The van der Waals surface area contributed by atoms with Crippen LogP contribution in [0, 0.1) is 17.8 Å². The van der Waals surface area contributed by atoms with Crippen LogP contribution >= 0.6 is 0 Å². The highest BCUT2D eigenvalue weighted by molar-refractivity contribution is 5.80.